The smallest absolute Gasteiger partial charge is 0.233 e. The van der Waals surface area contributed by atoms with E-state index in [-0.39, 0.29) is 17.0 Å². The van der Waals surface area contributed by atoms with Crippen molar-refractivity contribution in [3.63, 3.8) is 0 Å². The van der Waals surface area contributed by atoms with E-state index in [1.807, 2.05) is 41.8 Å². The average Bonchev–Trinajstić information content (AvgIpc) is 3.09. The summed E-state index contributed by atoms with van der Waals surface area (Å²) < 4.78 is 15.3. The Morgan fingerprint density at radius 1 is 1.07 bits per heavy atom. The lowest BCUT2D eigenvalue weighted by molar-refractivity contribution is -0.120. The van der Waals surface area contributed by atoms with Crippen molar-refractivity contribution in [2.75, 3.05) is 6.54 Å². The van der Waals surface area contributed by atoms with Gasteiger partial charge < -0.3 is 5.32 Å². The molecule has 0 aliphatic heterocycles. The summed E-state index contributed by atoms with van der Waals surface area (Å²) in [4.78, 5) is 12.4. The molecule has 0 fully saturated rings. The van der Waals surface area contributed by atoms with Crippen LogP contribution in [-0.2, 0) is 11.3 Å². The van der Waals surface area contributed by atoms with Gasteiger partial charge in [-0.1, -0.05) is 55.9 Å². The van der Waals surface area contributed by atoms with Gasteiger partial charge in [0.1, 0.15) is 5.82 Å². The second kappa shape index (κ2) is 9.69. The first kappa shape index (κ1) is 21.0. The number of amides is 1. The van der Waals surface area contributed by atoms with Crippen molar-refractivity contribution in [2.24, 2.45) is 5.92 Å². The second-order valence-corrected chi connectivity index (χ2v) is 8.59. The van der Waals surface area contributed by atoms with Gasteiger partial charge >= 0.3 is 0 Å². The summed E-state index contributed by atoms with van der Waals surface area (Å²) >= 11 is 1.37. The fraction of sp³-hybridized carbons (Fsp3) is 0.318. The summed E-state index contributed by atoms with van der Waals surface area (Å²) in [5.41, 5.74) is 1.87. The highest BCUT2D eigenvalue weighted by molar-refractivity contribution is 8.00. The first-order valence-corrected chi connectivity index (χ1v) is 10.5. The largest absolute Gasteiger partial charge is 0.355 e. The predicted molar refractivity (Wildman–Crippen MR) is 114 cm³/mol. The van der Waals surface area contributed by atoms with Gasteiger partial charge in [0, 0.05) is 12.1 Å². The number of nitrogens with zero attached hydrogens (tertiary/aromatic N) is 3. The molecule has 0 spiro atoms. The van der Waals surface area contributed by atoms with Gasteiger partial charge in [-0.2, -0.15) is 0 Å². The Balaban J connectivity index is 1.88. The zero-order chi connectivity index (χ0) is 20.8. The average molecular weight is 413 g/mol. The topological polar surface area (TPSA) is 59.8 Å². The molecule has 3 aromatic rings. The number of carbonyl (C=O) groups excluding carboxylic acids is 1. The van der Waals surface area contributed by atoms with Crippen molar-refractivity contribution in [3.05, 3.63) is 66.0 Å². The first-order chi connectivity index (χ1) is 13.9. The van der Waals surface area contributed by atoms with E-state index in [2.05, 4.69) is 29.4 Å². The van der Waals surface area contributed by atoms with Gasteiger partial charge in [0.2, 0.25) is 5.91 Å². The van der Waals surface area contributed by atoms with Gasteiger partial charge in [0.05, 0.1) is 11.8 Å². The molecule has 1 unspecified atom stereocenters. The lowest BCUT2D eigenvalue weighted by atomic mass is 10.2. The van der Waals surface area contributed by atoms with Crippen LogP contribution in [0.3, 0.4) is 0 Å². The maximum atomic E-state index is 13.4. The Hall–Kier alpha value is -2.67. The Morgan fingerprint density at radius 2 is 1.76 bits per heavy atom. The highest BCUT2D eigenvalue weighted by Crippen LogP contribution is 2.28. The van der Waals surface area contributed by atoms with E-state index in [1.165, 1.54) is 23.9 Å². The van der Waals surface area contributed by atoms with Crippen molar-refractivity contribution in [3.8, 4) is 11.4 Å². The highest BCUT2D eigenvalue weighted by Gasteiger charge is 2.21. The van der Waals surface area contributed by atoms with Crippen molar-refractivity contribution in [1.82, 2.24) is 20.1 Å². The van der Waals surface area contributed by atoms with Crippen LogP contribution < -0.4 is 5.32 Å². The zero-order valence-corrected chi connectivity index (χ0v) is 17.6. The van der Waals surface area contributed by atoms with Crippen LogP contribution in [0.2, 0.25) is 0 Å². The van der Waals surface area contributed by atoms with Crippen LogP contribution in [0.5, 0.6) is 0 Å². The number of hydrogen-bond donors (Lipinski definition) is 1. The summed E-state index contributed by atoms with van der Waals surface area (Å²) in [5, 5.41) is 12.0. The predicted octanol–water partition coefficient (Wildman–Crippen LogP) is 4.39. The number of rotatable bonds is 8. The van der Waals surface area contributed by atoms with E-state index in [4.69, 9.17) is 0 Å². The number of carbonyl (C=O) groups is 1. The molecule has 0 aliphatic rings. The lowest BCUT2D eigenvalue weighted by Crippen LogP contribution is -2.33. The minimum atomic E-state index is -0.312. The molecular formula is C22H25FN4OS. The van der Waals surface area contributed by atoms with Crippen molar-refractivity contribution in [2.45, 2.75) is 37.7 Å². The van der Waals surface area contributed by atoms with E-state index >= 15 is 0 Å². The molecule has 152 valence electrons. The number of benzene rings is 2. The van der Waals surface area contributed by atoms with Gasteiger partial charge in [-0.3, -0.25) is 9.36 Å². The molecular weight excluding hydrogens is 387 g/mol. The Kier molecular flexibility index (Phi) is 7.04. The van der Waals surface area contributed by atoms with Crippen LogP contribution in [0.1, 0.15) is 26.3 Å². The van der Waals surface area contributed by atoms with E-state index in [0.717, 1.165) is 11.1 Å². The third-order valence-electron chi connectivity index (χ3n) is 4.34. The normalized spacial score (nSPS) is 12.2. The molecule has 7 heteroatoms. The Morgan fingerprint density at radius 3 is 2.41 bits per heavy atom. The molecule has 1 heterocycles. The molecule has 2 aromatic carbocycles. The van der Waals surface area contributed by atoms with Crippen LogP contribution in [0, 0.1) is 11.7 Å². The molecule has 5 nitrogen and oxygen atoms in total. The summed E-state index contributed by atoms with van der Waals surface area (Å²) in [6.45, 7) is 7.18. The van der Waals surface area contributed by atoms with Crippen LogP contribution >= 0.6 is 11.8 Å². The van der Waals surface area contributed by atoms with Gasteiger partial charge in [-0.25, -0.2) is 4.39 Å². The number of thioether (sulfide) groups is 1. The SMILES string of the molecule is CC(C)CNC(=O)C(C)Sc1nnc(-c2ccc(F)cc2)n1Cc1ccccc1. The molecule has 0 radical (unpaired) electrons. The van der Waals surface area contributed by atoms with E-state index in [0.29, 0.717) is 30.0 Å². The van der Waals surface area contributed by atoms with Gasteiger partial charge in [0.25, 0.3) is 0 Å². The van der Waals surface area contributed by atoms with Gasteiger partial charge in [0.15, 0.2) is 11.0 Å². The highest BCUT2D eigenvalue weighted by atomic mass is 32.2. The van der Waals surface area contributed by atoms with Gasteiger partial charge in [-0.15, -0.1) is 10.2 Å². The molecule has 3 rings (SSSR count). The van der Waals surface area contributed by atoms with Crippen molar-refractivity contribution < 1.29 is 9.18 Å². The number of hydrogen-bond acceptors (Lipinski definition) is 4. The third kappa shape index (κ3) is 5.67. The minimum absolute atomic E-state index is 0.0266. The maximum absolute atomic E-state index is 13.4. The van der Waals surface area contributed by atoms with Crippen molar-refractivity contribution in [1.29, 1.82) is 0 Å². The Labute approximate surface area is 174 Å². The molecule has 1 atom stereocenters. The van der Waals surface area contributed by atoms with Crippen LogP contribution in [0.4, 0.5) is 4.39 Å². The molecule has 0 saturated carbocycles. The molecule has 0 bridgehead atoms. The van der Waals surface area contributed by atoms with E-state index in [1.54, 1.807) is 12.1 Å². The van der Waals surface area contributed by atoms with Crippen LogP contribution in [0.25, 0.3) is 11.4 Å². The fourth-order valence-electron chi connectivity index (χ4n) is 2.76. The Bertz CT molecular complexity index is 941. The van der Waals surface area contributed by atoms with Gasteiger partial charge in [-0.05, 0) is 42.7 Å². The molecule has 1 N–H and O–H groups in total. The monoisotopic (exact) mass is 412 g/mol. The quantitative estimate of drug-likeness (QED) is 0.558. The maximum Gasteiger partial charge on any atom is 0.233 e. The van der Waals surface area contributed by atoms with E-state index < -0.39 is 0 Å². The molecule has 29 heavy (non-hydrogen) atoms. The minimum Gasteiger partial charge on any atom is -0.355 e. The summed E-state index contributed by atoms with van der Waals surface area (Å²) in [6, 6.07) is 16.2. The fourth-order valence-corrected chi connectivity index (χ4v) is 3.63. The zero-order valence-electron chi connectivity index (χ0n) is 16.8. The number of halogens is 1. The third-order valence-corrected chi connectivity index (χ3v) is 5.42. The number of aromatic nitrogens is 3. The molecule has 0 saturated heterocycles. The lowest BCUT2D eigenvalue weighted by Gasteiger charge is -2.15. The first-order valence-electron chi connectivity index (χ1n) is 9.61. The molecule has 1 amide bonds. The molecule has 1 aromatic heterocycles. The van der Waals surface area contributed by atoms with Crippen molar-refractivity contribution >= 4 is 17.7 Å². The van der Waals surface area contributed by atoms with Crippen LogP contribution in [0.15, 0.2) is 59.8 Å². The summed E-state index contributed by atoms with van der Waals surface area (Å²) in [7, 11) is 0. The number of nitrogens with one attached hydrogen (secondary N) is 1. The second-order valence-electron chi connectivity index (χ2n) is 7.28. The van der Waals surface area contributed by atoms with E-state index in [9.17, 15) is 9.18 Å². The summed E-state index contributed by atoms with van der Waals surface area (Å²) in [5.74, 6) is 0.711. The van der Waals surface area contributed by atoms with Crippen LogP contribution in [-0.4, -0.2) is 32.5 Å². The molecule has 0 aliphatic carbocycles. The summed E-state index contributed by atoms with van der Waals surface area (Å²) in [6.07, 6.45) is 0. The standard InChI is InChI=1S/C22H25FN4OS/c1-15(2)13-24-21(28)16(3)29-22-26-25-20(18-9-11-19(23)12-10-18)27(22)14-17-7-5-4-6-8-17/h4-12,15-16H,13-14H2,1-3H3,(H,24,28).